The van der Waals surface area contributed by atoms with Crippen LogP contribution in [0.3, 0.4) is 0 Å². The van der Waals surface area contributed by atoms with Gasteiger partial charge in [0.05, 0.1) is 30.9 Å². The molecule has 1 N–H and O–H groups in total. The highest BCUT2D eigenvalue weighted by Gasteiger charge is 2.45. The molecular weight excluding hydrogens is 240 g/mol. The molecule has 0 spiro atoms. The lowest BCUT2D eigenvalue weighted by molar-refractivity contribution is -0.105. The molecule has 1 aromatic heterocycles. The second kappa shape index (κ2) is 3.92. The number of rotatable bonds is 1. The van der Waals surface area contributed by atoms with Crippen molar-refractivity contribution < 1.29 is 9.84 Å². The number of fused-ring (bicyclic) bond motifs is 3. The highest BCUT2D eigenvalue weighted by molar-refractivity contribution is 5.69. The van der Waals surface area contributed by atoms with E-state index in [2.05, 4.69) is 21.7 Å². The lowest BCUT2D eigenvalue weighted by Crippen LogP contribution is -2.45. The van der Waals surface area contributed by atoms with Crippen LogP contribution in [0.4, 0.5) is 0 Å². The van der Waals surface area contributed by atoms with E-state index in [0.717, 1.165) is 25.1 Å². The molecule has 0 aliphatic carbocycles. The zero-order valence-corrected chi connectivity index (χ0v) is 10.6. The first-order valence-electron chi connectivity index (χ1n) is 6.71. The number of nitrogens with zero attached hydrogens (tertiary/aromatic N) is 2. The molecule has 1 fully saturated rings. The van der Waals surface area contributed by atoms with E-state index in [1.54, 1.807) is 0 Å². The van der Waals surface area contributed by atoms with E-state index in [1.807, 2.05) is 24.7 Å². The molecule has 3 heterocycles. The van der Waals surface area contributed by atoms with Gasteiger partial charge in [-0.15, -0.1) is 0 Å². The van der Waals surface area contributed by atoms with E-state index in [0.29, 0.717) is 6.61 Å². The maximum absolute atomic E-state index is 11.0. The Morgan fingerprint density at radius 1 is 1.37 bits per heavy atom. The summed E-state index contributed by atoms with van der Waals surface area (Å²) in [6.07, 6.45) is 5.35. The first-order valence-corrected chi connectivity index (χ1v) is 6.71. The van der Waals surface area contributed by atoms with Gasteiger partial charge in [-0.05, 0) is 18.4 Å². The van der Waals surface area contributed by atoms with Crippen molar-refractivity contribution in [2.24, 2.45) is 0 Å². The first kappa shape index (κ1) is 11.2. The van der Waals surface area contributed by atoms with Crippen molar-refractivity contribution in [1.82, 2.24) is 9.55 Å². The van der Waals surface area contributed by atoms with Gasteiger partial charge >= 0.3 is 0 Å². The normalized spacial score (nSPS) is 29.0. The van der Waals surface area contributed by atoms with Gasteiger partial charge in [-0.3, -0.25) is 0 Å². The summed E-state index contributed by atoms with van der Waals surface area (Å²) in [5, 5.41) is 11.0. The Morgan fingerprint density at radius 3 is 3.11 bits per heavy atom. The van der Waals surface area contributed by atoms with Gasteiger partial charge in [-0.2, -0.15) is 0 Å². The fourth-order valence-corrected chi connectivity index (χ4v) is 3.40. The maximum Gasteiger partial charge on any atom is 0.113 e. The number of benzene rings is 1. The molecule has 1 aromatic carbocycles. The fourth-order valence-electron chi connectivity index (χ4n) is 3.40. The number of aromatic nitrogens is 2. The lowest BCUT2D eigenvalue weighted by Gasteiger charge is -2.38. The molecule has 19 heavy (non-hydrogen) atoms. The zero-order valence-electron chi connectivity index (χ0n) is 10.6. The maximum atomic E-state index is 11.0. The second-order valence-corrected chi connectivity index (χ2v) is 5.44. The van der Waals surface area contributed by atoms with E-state index in [-0.39, 0.29) is 6.04 Å². The molecule has 0 saturated carbocycles. The second-order valence-electron chi connectivity index (χ2n) is 5.44. The number of ether oxygens (including phenoxy) is 1. The Balaban J connectivity index is 1.89. The number of imidazole rings is 1. The van der Waals surface area contributed by atoms with E-state index in [4.69, 9.17) is 4.74 Å². The largest absolute Gasteiger partial charge is 0.385 e. The molecular formula is C15H16N2O2. The summed E-state index contributed by atoms with van der Waals surface area (Å²) in [7, 11) is 0. The van der Waals surface area contributed by atoms with Crippen LogP contribution in [0.5, 0.6) is 0 Å². The minimum atomic E-state index is -0.833. The molecule has 2 aliphatic rings. The summed E-state index contributed by atoms with van der Waals surface area (Å²) < 4.78 is 7.60. The van der Waals surface area contributed by atoms with Crippen molar-refractivity contribution in [3.8, 4) is 11.3 Å². The molecule has 0 amide bonds. The van der Waals surface area contributed by atoms with E-state index < -0.39 is 5.60 Å². The summed E-state index contributed by atoms with van der Waals surface area (Å²) in [4.78, 5) is 4.23. The molecule has 4 nitrogen and oxygen atoms in total. The lowest BCUT2D eigenvalue weighted by atomic mass is 9.84. The first-order chi connectivity index (χ1) is 9.30. The van der Waals surface area contributed by atoms with Gasteiger partial charge in [0.15, 0.2) is 0 Å². The van der Waals surface area contributed by atoms with Crippen LogP contribution in [0.1, 0.15) is 24.4 Å². The minimum absolute atomic E-state index is 0.0819. The van der Waals surface area contributed by atoms with E-state index in [1.165, 1.54) is 11.1 Å². The number of aliphatic hydroxyl groups is 1. The average Bonchev–Trinajstić information content (AvgIpc) is 2.99. The number of hydrogen-bond acceptors (Lipinski definition) is 3. The van der Waals surface area contributed by atoms with Gasteiger partial charge in [0.25, 0.3) is 0 Å². The van der Waals surface area contributed by atoms with Gasteiger partial charge in [-0.25, -0.2) is 4.98 Å². The molecule has 1 saturated heterocycles. The summed E-state index contributed by atoms with van der Waals surface area (Å²) in [6, 6.07) is 8.16. The summed E-state index contributed by atoms with van der Waals surface area (Å²) in [5.74, 6) is 0. The molecule has 98 valence electrons. The molecule has 2 aliphatic heterocycles. The van der Waals surface area contributed by atoms with Gasteiger partial charge < -0.3 is 14.4 Å². The zero-order chi connectivity index (χ0) is 12.9. The molecule has 4 rings (SSSR count). The highest BCUT2D eigenvalue weighted by atomic mass is 16.5. The molecule has 4 heteroatoms. The van der Waals surface area contributed by atoms with Crippen LogP contribution in [0.15, 0.2) is 36.8 Å². The fraction of sp³-hybridized carbons (Fsp3) is 0.400. The number of hydrogen-bond donors (Lipinski definition) is 1. The van der Waals surface area contributed by atoms with Gasteiger partial charge in [0, 0.05) is 12.2 Å². The van der Waals surface area contributed by atoms with E-state index in [9.17, 15) is 5.11 Å². The molecule has 0 radical (unpaired) electrons. The van der Waals surface area contributed by atoms with Crippen molar-refractivity contribution in [2.75, 3.05) is 13.2 Å². The van der Waals surface area contributed by atoms with Crippen LogP contribution in [-0.4, -0.2) is 33.5 Å². The van der Waals surface area contributed by atoms with Crippen LogP contribution in [0.2, 0.25) is 0 Å². The summed E-state index contributed by atoms with van der Waals surface area (Å²) in [5.41, 5.74) is 2.59. The van der Waals surface area contributed by atoms with Crippen LogP contribution >= 0.6 is 0 Å². The van der Waals surface area contributed by atoms with Crippen LogP contribution in [0.25, 0.3) is 11.3 Å². The minimum Gasteiger partial charge on any atom is -0.385 e. The third kappa shape index (κ3) is 1.50. The van der Waals surface area contributed by atoms with Crippen molar-refractivity contribution >= 4 is 0 Å². The van der Waals surface area contributed by atoms with Crippen LogP contribution in [-0.2, 0) is 4.74 Å². The van der Waals surface area contributed by atoms with Crippen LogP contribution < -0.4 is 0 Å². The topological polar surface area (TPSA) is 47.3 Å². The van der Waals surface area contributed by atoms with Crippen LogP contribution in [0, 0.1) is 0 Å². The van der Waals surface area contributed by atoms with Gasteiger partial charge in [0.1, 0.15) is 5.60 Å². The standard InChI is InChI=1S/C15H16N2O2/c18-15(6-3-7-19-9-15)14-12-5-2-1-4-11(12)13-8-16-10-17(13)14/h1-2,4-5,8,10,14,18H,3,6-7,9H2. The Morgan fingerprint density at radius 2 is 2.26 bits per heavy atom. The Labute approximate surface area is 111 Å². The molecule has 2 unspecified atom stereocenters. The van der Waals surface area contributed by atoms with Crippen molar-refractivity contribution in [3.05, 3.63) is 42.4 Å². The Kier molecular flexibility index (Phi) is 2.31. The average molecular weight is 256 g/mol. The highest BCUT2D eigenvalue weighted by Crippen LogP contribution is 2.46. The van der Waals surface area contributed by atoms with Gasteiger partial charge in [-0.1, -0.05) is 24.3 Å². The predicted octanol–water partition coefficient (Wildman–Crippen LogP) is 1.99. The Bertz CT molecular complexity index is 614. The molecule has 2 atom stereocenters. The molecule has 0 bridgehead atoms. The third-order valence-electron chi connectivity index (χ3n) is 4.23. The van der Waals surface area contributed by atoms with Crippen molar-refractivity contribution in [2.45, 2.75) is 24.5 Å². The summed E-state index contributed by atoms with van der Waals surface area (Å²) >= 11 is 0. The molecule has 2 aromatic rings. The van der Waals surface area contributed by atoms with E-state index >= 15 is 0 Å². The van der Waals surface area contributed by atoms with Gasteiger partial charge in [0.2, 0.25) is 0 Å². The van der Waals surface area contributed by atoms with Crippen molar-refractivity contribution in [1.29, 1.82) is 0 Å². The quantitative estimate of drug-likeness (QED) is 0.849. The predicted molar refractivity (Wildman–Crippen MR) is 70.8 cm³/mol. The SMILES string of the molecule is OC1(C2c3ccccc3-c3cncn32)CCCOC1. The third-order valence-corrected chi connectivity index (χ3v) is 4.23. The summed E-state index contributed by atoms with van der Waals surface area (Å²) in [6.45, 7) is 1.14. The van der Waals surface area contributed by atoms with Crippen molar-refractivity contribution in [3.63, 3.8) is 0 Å². The monoisotopic (exact) mass is 256 g/mol. The smallest absolute Gasteiger partial charge is 0.113 e. The Hall–Kier alpha value is -1.65.